The van der Waals surface area contributed by atoms with Gasteiger partial charge in [-0.15, -0.1) is 4.37 Å². The van der Waals surface area contributed by atoms with Gasteiger partial charge in [-0.25, -0.2) is 0 Å². The molecule has 0 spiro atoms. The first-order valence-electron chi connectivity index (χ1n) is 2.76. The van der Waals surface area contributed by atoms with Gasteiger partial charge in [0.2, 0.25) is 10.8 Å². The van der Waals surface area contributed by atoms with Gasteiger partial charge in [0.25, 0.3) is 5.88 Å². The van der Waals surface area contributed by atoms with E-state index in [-0.39, 0.29) is 16.7 Å². The van der Waals surface area contributed by atoms with Gasteiger partial charge in [0, 0.05) is 11.5 Å². The predicted molar refractivity (Wildman–Crippen MR) is 36.6 cm³/mol. The van der Waals surface area contributed by atoms with E-state index in [1.54, 1.807) is 6.92 Å². The van der Waals surface area contributed by atoms with E-state index < -0.39 is 0 Å². The van der Waals surface area contributed by atoms with Crippen LogP contribution in [0.4, 0.5) is 0 Å². The van der Waals surface area contributed by atoms with Crippen LogP contribution in [0, 0.1) is 0 Å². The molecule has 1 heterocycles. The van der Waals surface area contributed by atoms with Crippen molar-refractivity contribution in [1.82, 2.24) is 4.37 Å². The van der Waals surface area contributed by atoms with Gasteiger partial charge in [0.15, 0.2) is 0 Å². The molecule has 0 bridgehead atoms. The second kappa shape index (κ2) is 2.74. The van der Waals surface area contributed by atoms with Crippen LogP contribution in [0.2, 0.25) is 0 Å². The van der Waals surface area contributed by atoms with Gasteiger partial charge in [0.05, 0.1) is 6.61 Å². The summed E-state index contributed by atoms with van der Waals surface area (Å²) >= 11 is 0.802. The van der Waals surface area contributed by atoms with Crippen molar-refractivity contribution in [3.05, 3.63) is 0 Å². The van der Waals surface area contributed by atoms with Gasteiger partial charge < -0.3 is 14.9 Å². The maximum absolute atomic E-state index is 8.93. The van der Waals surface area contributed by atoms with E-state index >= 15 is 0 Å². The molecule has 10 heavy (non-hydrogen) atoms. The van der Waals surface area contributed by atoms with Gasteiger partial charge in [-0.05, 0) is 6.92 Å². The van der Waals surface area contributed by atoms with E-state index in [0.29, 0.717) is 6.61 Å². The fourth-order valence-electron chi connectivity index (χ4n) is 0.536. The van der Waals surface area contributed by atoms with Crippen molar-refractivity contribution in [2.24, 2.45) is 0 Å². The SMILES string of the molecule is CCOc1c(O)nsc1O. The second-order valence-corrected chi connectivity index (χ2v) is 2.33. The number of ether oxygens (including phenoxy) is 1. The first-order valence-corrected chi connectivity index (χ1v) is 3.53. The van der Waals surface area contributed by atoms with E-state index in [9.17, 15) is 0 Å². The van der Waals surface area contributed by atoms with Crippen LogP contribution in [0.15, 0.2) is 0 Å². The van der Waals surface area contributed by atoms with Gasteiger partial charge in [-0.1, -0.05) is 0 Å². The molecule has 56 valence electrons. The highest BCUT2D eigenvalue weighted by Crippen LogP contribution is 2.38. The maximum atomic E-state index is 8.93. The van der Waals surface area contributed by atoms with Crippen LogP contribution in [0.3, 0.4) is 0 Å². The Morgan fingerprint density at radius 1 is 1.60 bits per heavy atom. The Kier molecular flexibility index (Phi) is 1.96. The van der Waals surface area contributed by atoms with Crippen LogP contribution in [-0.2, 0) is 0 Å². The van der Waals surface area contributed by atoms with Crippen molar-refractivity contribution < 1.29 is 14.9 Å². The zero-order valence-corrected chi connectivity index (χ0v) is 6.18. The van der Waals surface area contributed by atoms with Crippen molar-refractivity contribution in [2.45, 2.75) is 6.92 Å². The first kappa shape index (κ1) is 7.14. The highest BCUT2D eigenvalue weighted by molar-refractivity contribution is 7.08. The molecule has 1 rings (SSSR count). The maximum Gasteiger partial charge on any atom is 0.270 e. The second-order valence-electron chi connectivity index (χ2n) is 1.57. The third kappa shape index (κ3) is 1.13. The lowest BCUT2D eigenvalue weighted by atomic mass is 10.6. The van der Waals surface area contributed by atoms with E-state index in [1.165, 1.54) is 0 Å². The minimum atomic E-state index is -0.246. The number of aromatic nitrogens is 1. The molecule has 0 aliphatic rings. The molecule has 0 aliphatic heterocycles. The number of hydrogen-bond donors (Lipinski definition) is 2. The van der Waals surface area contributed by atoms with Crippen molar-refractivity contribution in [3.63, 3.8) is 0 Å². The fraction of sp³-hybridized carbons (Fsp3) is 0.400. The molecular weight excluding hydrogens is 154 g/mol. The fourth-order valence-corrected chi connectivity index (χ4v) is 1.02. The molecule has 0 radical (unpaired) electrons. The van der Waals surface area contributed by atoms with Crippen LogP contribution in [0.1, 0.15) is 6.92 Å². The topological polar surface area (TPSA) is 62.6 Å². The van der Waals surface area contributed by atoms with E-state index in [2.05, 4.69) is 4.37 Å². The molecule has 1 aromatic rings. The average molecular weight is 161 g/mol. The smallest absolute Gasteiger partial charge is 0.270 e. The molecule has 0 aliphatic carbocycles. The average Bonchev–Trinajstić information content (AvgIpc) is 2.20. The van der Waals surface area contributed by atoms with Crippen LogP contribution in [0.5, 0.6) is 16.7 Å². The van der Waals surface area contributed by atoms with Crippen LogP contribution >= 0.6 is 11.5 Å². The molecule has 1 aromatic heterocycles. The number of nitrogens with zero attached hydrogens (tertiary/aromatic N) is 1. The molecule has 0 saturated carbocycles. The molecule has 0 amide bonds. The summed E-state index contributed by atoms with van der Waals surface area (Å²) in [6, 6.07) is 0. The number of rotatable bonds is 2. The van der Waals surface area contributed by atoms with Crippen LogP contribution in [-0.4, -0.2) is 21.2 Å². The molecule has 0 saturated heterocycles. The molecular formula is C5H7NO3S. The minimum Gasteiger partial charge on any atom is -0.496 e. The normalized spacial score (nSPS) is 9.70. The predicted octanol–water partition coefficient (Wildman–Crippen LogP) is 0.953. The van der Waals surface area contributed by atoms with Crippen molar-refractivity contribution in [2.75, 3.05) is 6.61 Å². The Hall–Kier alpha value is -0.970. The Morgan fingerprint density at radius 2 is 2.30 bits per heavy atom. The summed E-state index contributed by atoms with van der Waals surface area (Å²) in [5.74, 6) is -0.170. The summed E-state index contributed by atoms with van der Waals surface area (Å²) in [6.07, 6.45) is 0. The summed E-state index contributed by atoms with van der Waals surface area (Å²) in [4.78, 5) is 0. The molecule has 0 fully saturated rings. The summed E-state index contributed by atoms with van der Waals surface area (Å²) in [5.41, 5.74) is 0. The molecule has 0 aromatic carbocycles. The highest BCUT2D eigenvalue weighted by atomic mass is 32.1. The van der Waals surface area contributed by atoms with Gasteiger partial charge >= 0.3 is 0 Å². The summed E-state index contributed by atoms with van der Waals surface area (Å²) in [5, 5.41) is 17.7. The van der Waals surface area contributed by atoms with Crippen molar-refractivity contribution in [3.8, 4) is 16.7 Å². The molecule has 5 heteroatoms. The lowest BCUT2D eigenvalue weighted by Crippen LogP contribution is -1.89. The Bertz CT molecular complexity index is 203. The first-order chi connectivity index (χ1) is 4.75. The zero-order chi connectivity index (χ0) is 7.56. The van der Waals surface area contributed by atoms with Crippen LogP contribution < -0.4 is 4.74 Å². The van der Waals surface area contributed by atoms with Gasteiger partial charge in [0.1, 0.15) is 0 Å². The lowest BCUT2D eigenvalue weighted by Gasteiger charge is -1.97. The van der Waals surface area contributed by atoms with Gasteiger partial charge in [-0.3, -0.25) is 0 Å². The third-order valence-corrected chi connectivity index (χ3v) is 1.53. The van der Waals surface area contributed by atoms with Crippen molar-refractivity contribution in [1.29, 1.82) is 0 Å². The van der Waals surface area contributed by atoms with E-state index in [4.69, 9.17) is 14.9 Å². The largest absolute Gasteiger partial charge is 0.496 e. The lowest BCUT2D eigenvalue weighted by molar-refractivity contribution is 0.301. The number of hydrogen-bond acceptors (Lipinski definition) is 5. The minimum absolute atomic E-state index is 0.0764. The standard InChI is InChI=1S/C5H7NO3S/c1-2-9-3-4(7)6-10-5(3)8/h8H,2H2,1H3,(H,6,7). The van der Waals surface area contributed by atoms with E-state index in [1.807, 2.05) is 0 Å². The van der Waals surface area contributed by atoms with Gasteiger partial charge in [-0.2, -0.15) is 0 Å². The monoisotopic (exact) mass is 161 g/mol. The Morgan fingerprint density at radius 3 is 2.70 bits per heavy atom. The third-order valence-electron chi connectivity index (χ3n) is 0.905. The summed E-state index contributed by atoms with van der Waals surface area (Å²) < 4.78 is 8.31. The Labute approximate surface area is 61.9 Å². The molecule has 0 atom stereocenters. The van der Waals surface area contributed by atoms with E-state index in [0.717, 1.165) is 11.5 Å². The highest BCUT2D eigenvalue weighted by Gasteiger charge is 2.11. The van der Waals surface area contributed by atoms with Crippen molar-refractivity contribution >= 4 is 11.5 Å². The summed E-state index contributed by atoms with van der Waals surface area (Å²) in [7, 11) is 0. The molecule has 2 N–H and O–H groups in total. The zero-order valence-electron chi connectivity index (χ0n) is 5.37. The quantitative estimate of drug-likeness (QED) is 0.678. The number of aromatic hydroxyl groups is 2. The summed E-state index contributed by atoms with van der Waals surface area (Å²) in [6.45, 7) is 2.16. The van der Waals surface area contributed by atoms with Crippen LogP contribution in [0.25, 0.3) is 0 Å². The Balaban J connectivity index is 2.87. The molecule has 0 unspecified atom stereocenters. The molecule has 4 nitrogen and oxygen atoms in total.